The summed E-state index contributed by atoms with van der Waals surface area (Å²) in [4.78, 5) is 12.8. The number of rotatable bonds is 4. The smallest absolute Gasteiger partial charge is 0.497 e. The Bertz CT molecular complexity index is 897. The van der Waals surface area contributed by atoms with Gasteiger partial charge in [-0.2, -0.15) is 0 Å². The van der Waals surface area contributed by atoms with Crippen molar-refractivity contribution in [2.75, 3.05) is 0 Å². The quantitative estimate of drug-likeness (QED) is 0.371. The molecular formula is C21H13N3OPt. The molecule has 4 rings (SSSR count). The zero-order valence-corrected chi connectivity index (χ0v) is 15.8. The van der Waals surface area contributed by atoms with Gasteiger partial charge in [-0.3, -0.25) is 9.97 Å². The molecule has 0 atom stereocenters. The Morgan fingerprint density at radius 1 is 0.615 bits per heavy atom. The second-order valence-corrected chi connectivity index (χ2v) is 5.25. The average molecular weight is 518 g/mol. The molecule has 5 heteroatoms. The van der Waals surface area contributed by atoms with Crippen molar-refractivity contribution < 1.29 is 25.8 Å². The van der Waals surface area contributed by atoms with Crippen LogP contribution in [-0.4, -0.2) is 15.0 Å². The van der Waals surface area contributed by atoms with Gasteiger partial charge in [-0.1, -0.05) is 24.3 Å². The molecule has 0 bridgehead atoms. The van der Waals surface area contributed by atoms with Gasteiger partial charge in [-0.25, -0.2) is 0 Å². The maximum Gasteiger partial charge on any atom is 2.00 e. The fourth-order valence-corrected chi connectivity index (χ4v) is 2.37. The van der Waals surface area contributed by atoms with E-state index in [0.717, 1.165) is 16.8 Å². The summed E-state index contributed by atoms with van der Waals surface area (Å²) in [6.07, 6.45) is 5.16. The Kier molecular flexibility index (Phi) is 5.87. The van der Waals surface area contributed by atoms with Crippen molar-refractivity contribution in [2.24, 2.45) is 0 Å². The van der Waals surface area contributed by atoms with Crippen molar-refractivity contribution in [1.29, 1.82) is 0 Å². The number of benzene rings is 2. The van der Waals surface area contributed by atoms with Gasteiger partial charge in [0.05, 0.1) is 5.82 Å². The molecule has 0 spiro atoms. The Morgan fingerprint density at radius 3 is 1.96 bits per heavy atom. The fraction of sp³-hybridized carbons (Fsp3) is 0. The van der Waals surface area contributed by atoms with Crippen LogP contribution in [-0.2, 0) is 21.1 Å². The van der Waals surface area contributed by atoms with Gasteiger partial charge in [0, 0.05) is 30.1 Å². The van der Waals surface area contributed by atoms with Crippen molar-refractivity contribution in [3.05, 3.63) is 91.4 Å². The summed E-state index contributed by atoms with van der Waals surface area (Å²) in [6.45, 7) is 0. The van der Waals surface area contributed by atoms with Crippen LogP contribution in [0.5, 0.6) is 11.5 Å². The minimum atomic E-state index is 0. The van der Waals surface area contributed by atoms with Crippen LogP contribution >= 0.6 is 0 Å². The maximum absolute atomic E-state index is 5.91. The normalized spacial score (nSPS) is 10.0. The first-order valence-corrected chi connectivity index (χ1v) is 7.80. The monoisotopic (exact) mass is 518 g/mol. The standard InChI is InChI=1S/C21H13N3O.Pt/c1-2-11-22-20(10-1)16-6-3-8-18(14-16)25-19-9-4-7-17(15-19)21-23-12-5-13-24-21;/h1-13H;/q-2;+2. The molecule has 0 aliphatic heterocycles. The number of hydrogen-bond acceptors (Lipinski definition) is 4. The number of nitrogens with zero attached hydrogens (tertiary/aromatic N) is 3. The zero-order valence-electron chi connectivity index (χ0n) is 13.6. The average Bonchev–Trinajstić information content (AvgIpc) is 2.70. The number of hydrogen-bond donors (Lipinski definition) is 0. The number of ether oxygens (including phenoxy) is 1. The summed E-state index contributed by atoms with van der Waals surface area (Å²) in [5.74, 6) is 1.80. The Balaban J connectivity index is 0.00000196. The predicted octanol–water partition coefficient (Wildman–Crippen LogP) is 4.60. The van der Waals surface area contributed by atoms with E-state index >= 15 is 0 Å². The molecule has 0 aliphatic carbocycles. The van der Waals surface area contributed by atoms with Crippen LogP contribution < -0.4 is 4.74 Å². The number of aromatic nitrogens is 3. The summed E-state index contributed by atoms with van der Waals surface area (Å²) in [5, 5.41) is 0. The van der Waals surface area contributed by atoms with E-state index < -0.39 is 0 Å². The van der Waals surface area contributed by atoms with Crippen molar-refractivity contribution in [3.8, 4) is 34.1 Å². The molecule has 0 unspecified atom stereocenters. The molecule has 0 saturated carbocycles. The van der Waals surface area contributed by atoms with Crippen molar-refractivity contribution in [3.63, 3.8) is 0 Å². The Labute approximate surface area is 166 Å². The van der Waals surface area contributed by atoms with E-state index in [4.69, 9.17) is 4.74 Å². The van der Waals surface area contributed by atoms with Gasteiger partial charge in [-0.05, 0) is 17.8 Å². The Hall–Kier alpha value is -2.84. The Morgan fingerprint density at radius 2 is 1.27 bits per heavy atom. The van der Waals surface area contributed by atoms with Crippen molar-refractivity contribution >= 4 is 0 Å². The van der Waals surface area contributed by atoms with Crippen LogP contribution in [0.2, 0.25) is 0 Å². The summed E-state index contributed by atoms with van der Waals surface area (Å²) in [5.41, 5.74) is 2.50. The van der Waals surface area contributed by atoms with Crippen LogP contribution in [0.15, 0.2) is 79.3 Å². The second-order valence-electron chi connectivity index (χ2n) is 5.25. The van der Waals surface area contributed by atoms with E-state index in [-0.39, 0.29) is 21.1 Å². The molecule has 2 aromatic heterocycles. The van der Waals surface area contributed by atoms with Gasteiger partial charge in [0.1, 0.15) is 0 Å². The zero-order chi connectivity index (χ0) is 16.9. The van der Waals surface area contributed by atoms with Crippen molar-refractivity contribution in [2.45, 2.75) is 0 Å². The topological polar surface area (TPSA) is 47.9 Å². The molecule has 2 aromatic carbocycles. The molecule has 4 aromatic rings. The minimum absolute atomic E-state index is 0. The second kappa shape index (κ2) is 8.50. The van der Waals surface area contributed by atoms with Gasteiger partial charge in [0.2, 0.25) is 0 Å². The molecule has 26 heavy (non-hydrogen) atoms. The SMILES string of the molecule is [Pt+2].[c-]1c(Oc2[c-]c(-c3ncccn3)ccc2)cccc1-c1ccccn1. The fourth-order valence-electron chi connectivity index (χ4n) is 2.37. The van der Waals surface area contributed by atoms with Crippen LogP contribution in [0.1, 0.15) is 0 Å². The predicted molar refractivity (Wildman–Crippen MR) is 94.9 cm³/mol. The van der Waals surface area contributed by atoms with Crippen molar-refractivity contribution in [1.82, 2.24) is 15.0 Å². The molecule has 0 N–H and O–H groups in total. The molecule has 128 valence electrons. The first kappa shape index (κ1) is 18.0. The first-order chi connectivity index (χ1) is 12.4. The summed E-state index contributed by atoms with van der Waals surface area (Å²) in [6, 6.07) is 25.3. The molecular weight excluding hydrogens is 505 g/mol. The van der Waals surface area contributed by atoms with Crippen LogP contribution in [0.3, 0.4) is 0 Å². The molecule has 0 aliphatic rings. The largest absolute Gasteiger partial charge is 2.00 e. The minimum Gasteiger partial charge on any atom is -0.497 e. The molecule has 2 heterocycles. The van der Waals surface area contributed by atoms with E-state index in [0.29, 0.717) is 17.3 Å². The van der Waals surface area contributed by atoms with Gasteiger partial charge >= 0.3 is 21.1 Å². The third kappa shape index (κ3) is 4.22. The third-order valence-electron chi connectivity index (χ3n) is 3.50. The van der Waals surface area contributed by atoms with E-state index in [1.54, 1.807) is 24.7 Å². The molecule has 0 amide bonds. The van der Waals surface area contributed by atoms with E-state index in [1.807, 2.05) is 54.6 Å². The van der Waals surface area contributed by atoms with E-state index in [1.165, 1.54) is 0 Å². The first-order valence-electron chi connectivity index (χ1n) is 7.80. The van der Waals surface area contributed by atoms with Crippen LogP contribution in [0, 0.1) is 12.1 Å². The third-order valence-corrected chi connectivity index (χ3v) is 3.50. The molecule has 0 fully saturated rings. The van der Waals surface area contributed by atoms with E-state index in [9.17, 15) is 0 Å². The van der Waals surface area contributed by atoms with Crippen LogP contribution in [0.4, 0.5) is 0 Å². The van der Waals surface area contributed by atoms with Gasteiger partial charge < -0.3 is 9.72 Å². The molecule has 4 nitrogen and oxygen atoms in total. The summed E-state index contributed by atoms with van der Waals surface area (Å²) in [7, 11) is 0. The molecule has 0 radical (unpaired) electrons. The van der Waals surface area contributed by atoms with Crippen LogP contribution in [0.25, 0.3) is 22.6 Å². The van der Waals surface area contributed by atoms with Gasteiger partial charge in [0.25, 0.3) is 0 Å². The van der Waals surface area contributed by atoms with E-state index in [2.05, 4.69) is 27.1 Å². The maximum atomic E-state index is 5.91. The van der Waals surface area contributed by atoms with Gasteiger partial charge in [-0.15, -0.1) is 47.5 Å². The number of pyridine rings is 1. The van der Waals surface area contributed by atoms with Gasteiger partial charge in [0.15, 0.2) is 0 Å². The summed E-state index contributed by atoms with van der Waals surface area (Å²) >= 11 is 0. The summed E-state index contributed by atoms with van der Waals surface area (Å²) < 4.78 is 5.91. The molecule has 0 saturated heterocycles.